The fraction of sp³-hybridized carbons (Fsp3) is 0.882. The van der Waals surface area contributed by atoms with Crippen LogP contribution in [0.3, 0.4) is 0 Å². The molecule has 4 aliphatic carbocycles. The maximum atomic E-state index is 13.1. The van der Waals surface area contributed by atoms with E-state index in [0.717, 1.165) is 42.9 Å². The van der Waals surface area contributed by atoms with Crippen molar-refractivity contribution in [3.63, 3.8) is 0 Å². The van der Waals surface area contributed by atoms with Crippen molar-refractivity contribution in [2.45, 2.75) is 110 Å². The number of fused-ring (bicyclic) bond motifs is 5. The minimum Gasteiger partial charge on any atom is -0.480 e. The van der Waals surface area contributed by atoms with E-state index in [2.05, 4.69) is 26.1 Å². The number of nitrogens with two attached hydrogens (primary N) is 1. The highest BCUT2D eigenvalue weighted by molar-refractivity contribution is 5.78. The highest BCUT2D eigenvalue weighted by Crippen LogP contribution is 2.67. The zero-order valence-corrected chi connectivity index (χ0v) is 27.7. The normalized spacial score (nSPS) is 34.9. The number of carboxylic acid groups (broad SMARTS) is 3. The lowest BCUT2D eigenvalue weighted by molar-refractivity contribution is -0.146. The summed E-state index contributed by atoms with van der Waals surface area (Å²) in [5.74, 6) is 0.443. The number of amides is 1. The Bertz CT molecular complexity index is 1060. The molecule has 0 aliphatic heterocycles. The van der Waals surface area contributed by atoms with E-state index < -0.39 is 37.0 Å². The van der Waals surface area contributed by atoms with Gasteiger partial charge in [-0.15, -0.1) is 0 Å². The SMILES string of the molecule is CC[C@H]1CCC2C3CC[C@@H]4C[C@@H](NC(=O)CC[C@@H](C(=O)O)N(CCN)CCN(CC(=O)O)CC(=O)O)CC[C@]4(C)C3CC[C@@]21C. The van der Waals surface area contributed by atoms with Crippen molar-refractivity contribution in [1.82, 2.24) is 15.1 Å². The summed E-state index contributed by atoms with van der Waals surface area (Å²) in [5.41, 5.74) is 6.61. The Hall–Kier alpha value is -2.24. The van der Waals surface area contributed by atoms with Crippen LogP contribution in [-0.4, -0.2) is 100 Å². The fourth-order valence-electron chi connectivity index (χ4n) is 10.7. The summed E-state index contributed by atoms with van der Waals surface area (Å²) in [6, 6.07) is -0.874. The van der Waals surface area contributed by atoms with Crippen LogP contribution in [0.1, 0.15) is 97.8 Å². The average molecular weight is 635 g/mol. The Morgan fingerprint density at radius 3 is 2.16 bits per heavy atom. The van der Waals surface area contributed by atoms with Crippen molar-refractivity contribution in [2.24, 2.45) is 46.2 Å². The molecule has 11 nitrogen and oxygen atoms in total. The van der Waals surface area contributed by atoms with Crippen LogP contribution in [0.5, 0.6) is 0 Å². The number of hydrogen-bond acceptors (Lipinski definition) is 7. The van der Waals surface area contributed by atoms with Crippen LogP contribution in [-0.2, 0) is 19.2 Å². The number of carbonyl (C=O) groups excluding carboxylic acids is 1. The lowest BCUT2D eigenvalue weighted by Crippen LogP contribution is -2.55. The van der Waals surface area contributed by atoms with E-state index in [1.165, 1.54) is 49.8 Å². The van der Waals surface area contributed by atoms with Crippen molar-refractivity contribution < 1.29 is 34.5 Å². The molecule has 4 rings (SSSR count). The molecule has 4 saturated carbocycles. The molecule has 9 atom stereocenters. The Kier molecular flexibility index (Phi) is 12.0. The van der Waals surface area contributed by atoms with Crippen LogP contribution in [0.25, 0.3) is 0 Å². The minimum absolute atomic E-state index is 0.0534. The average Bonchev–Trinajstić information content (AvgIpc) is 3.31. The Morgan fingerprint density at radius 1 is 0.867 bits per heavy atom. The van der Waals surface area contributed by atoms with Crippen molar-refractivity contribution >= 4 is 23.8 Å². The maximum Gasteiger partial charge on any atom is 0.320 e. The molecular formula is C34H58N4O7. The summed E-state index contributed by atoms with van der Waals surface area (Å²) in [7, 11) is 0. The zero-order valence-electron chi connectivity index (χ0n) is 27.7. The molecule has 0 aromatic rings. The molecule has 0 radical (unpaired) electrons. The van der Waals surface area contributed by atoms with Crippen molar-refractivity contribution in [1.29, 1.82) is 0 Å². The Balaban J connectivity index is 1.30. The Morgan fingerprint density at radius 2 is 1.53 bits per heavy atom. The molecule has 256 valence electrons. The van der Waals surface area contributed by atoms with Crippen LogP contribution in [0.15, 0.2) is 0 Å². The molecule has 4 fully saturated rings. The summed E-state index contributed by atoms with van der Waals surface area (Å²) in [6.07, 6.45) is 12.6. The van der Waals surface area contributed by atoms with Gasteiger partial charge in [-0.05, 0) is 105 Å². The quantitative estimate of drug-likeness (QED) is 0.169. The van der Waals surface area contributed by atoms with Gasteiger partial charge < -0.3 is 26.4 Å². The van der Waals surface area contributed by atoms with Crippen LogP contribution in [0, 0.1) is 40.4 Å². The third-order valence-corrected chi connectivity index (χ3v) is 12.9. The molecule has 6 N–H and O–H groups in total. The van der Waals surface area contributed by atoms with E-state index in [-0.39, 0.29) is 51.0 Å². The van der Waals surface area contributed by atoms with Gasteiger partial charge in [0.2, 0.25) is 5.91 Å². The second-order valence-electron chi connectivity index (χ2n) is 15.1. The molecule has 0 aromatic heterocycles. The molecular weight excluding hydrogens is 576 g/mol. The highest BCUT2D eigenvalue weighted by atomic mass is 16.4. The van der Waals surface area contributed by atoms with Crippen LogP contribution in [0.4, 0.5) is 0 Å². The smallest absolute Gasteiger partial charge is 0.320 e. The van der Waals surface area contributed by atoms with Crippen LogP contribution in [0.2, 0.25) is 0 Å². The summed E-state index contributed by atoms with van der Waals surface area (Å²) in [4.78, 5) is 50.6. The molecule has 3 unspecified atom stereocenters. The highest BCUT2D eigenvalue weighted by Gasteiger charge is 2.59. The number of carboxylic acids is 3. The summed E-state index contributed by atoms with van der Waals surface area (Å²) in [5, 5.41) is 31.5. The number of carbonyl (C=O) groups is 4. The number of hydrogen-bond donors (Lipinski definition) is 5. The van der Waals surface area contributed by atoms with E-state index >= 15 is 0 Å². The monoisotopic (exact) mass is 634 g/mol. The lowest BCUT2D eigenvalue weighted by Gasteiger charge is -2.61. The van der Waals surface area contributed by atoms with Gasteiger partial charge in [0, 0.05) is 38.6 Å². The van der Waals surface area contributed by atoms with E-state index in [1.54, 1.807) is 4.90 Å². The molecule has 0 heterocycles. The topological polar surface area (TPSA) is 173 Å². The summed E-state index contributed by atoms with van der Waals surface area (Å²) in [6.45, 7) is 7.16. The molecule has 0 saturated heterocycles. The van der Waals surface area contributed by atoms with E-state index in [9.17, 15) is 24.3 Å². The molecule has 1 amide bonds. The number of aliphatic carboxylic acids is 3. The first kappa shape index (κ1) is 35.6. The fourth-order valence-corrected chi connectivity index (χ4v) is 10.7. The zero-order chi connectivity index (χ0) is 32.9. The standard InChI is InChI=1S/C34H58N4O7/c1-4-22-6-8-26-25-7-5-23-19-24(11-13-34(23,3)27(25)12-14-33(22,26)2)36-29(39)10-9-28(32(44)45)38(16-15-35)18-17-37(20-30(40)41)21-31(42)43/h22-28H,4-21,35H2,1-3H3,(H,36,39)(H,40,41)(H,42,43)(H,44,45)/t22-,23+,24-,25?,26?,27?,28-,33+,34-/m0/s1. The van der Waals surface area contributed by atoms with Gasteiger partial charge >= 0.3 is 17.9 Å². The molecule has 11 heteroatoms. The predicted octanol–water partition coefficient (Wildman–Crippen LogP) is 3.51. The molecule has 0 bridgehead atoms. The number of nitrogens with one attached hydrogen (secondary N) is 1. The first-order valence-electron chi connectivity index (χ1n) is 17.4. The predicted molar refractivity (Wildman–Crippen MR) is 170 cm³/mol. The lowest BCUT2D eigenvalue weighted by atomic mass is 9.44. The van der Waals surface area contributed by atoms with Gasteiger partial charge in [-0.25, -0.2) is 0 Å². The first-order valence-corrected chi connectivity index (χ1v) is 17.4. The molecule has 4 aliphatic rings. The Labute approximate surface area is 268 Å². The largest absolute Gasteiger partial charge is 0.480 e. The number of nitrogens with zero attached hydrogens (tertiary/aromatic N) is 2. The number of rotatable bonds is 16. The summed E-state index contributed by atoms with van der Waals surface area (Å²) < 4.78 is 0. The van der Waals surface area contributed by atoms with Gasteiger partial charge in [0.15, 0.2) is 0 Å². The van der Waals surface area contributed by atoms with E-state index in [0.29, 0.717) is 16.7 Å². The molecule has 0 aromatic carbocycles. The maximum absolute atomic E-state index is 13.1. The van der Waals surface area contributed by atoms with Gasteiger partial charge in [-0.3, -0.25) is 29.0 Å². The van der Waals surface area contributed by atoms with Gasteiger partial charge in [-0.1, -0.05) is 27.2 Å². The van der Waals surface area contributed by atoms with Crippen molar-refractivity contribution in [3.8, 4) is 0 Å². The van der Waals surface area contributed by atoms with Crippen LogP contribution < -0.4 is 11.1 Å². The third kappa shape index (κ3) is 8.01. The second-order valence-corrected chi connectivity index (χ2v) is 15.1. The van der Waals surface area contributed by atoms with Gasteiger partial charge in [0.25, 0.3) is 0 Å². The van der Waals surface area contributed by atoms with E-state index in [1.807, 2.05) is 0 Å². The molecule has 0 spiro atoms. The van der Waals surface area contributed by atoms with Gasteiger partial charge in [0.05, 0.1) is 13.1 Å². The van der Waals surface area contributed by atoms with Crippen molar-refractivity contribution in [2.75, 3.05) is 39.3 Å². The third-order valence-electron chi connectivity index (χ3n) is 12.9. The van der Waals surface area contributed by atoms with Crippen LogP contribution >= 0.6 is 0 Å². The van der Waals surface area contributed by atoms with Gasteiger partial charge in [-0.2, -0.15) is 0 Å². The summed E-state index contributed by atoms with van der Waals surface area (Å²) >= 11 is 0. The minimum atomic E-state index is -1.16. The van der Waals surface area contributed by atoms with Crippen molar-refractivity contribution in [3.05, 3.63) is 0 Å². The first-order chi connectivity index (χ1) is 21.3. The molecule has 45 heavy (non-hydrogen) atoms. The van der Waals surface area contributed by atoms with E-state index in [4.69, 9.17) is 15.9 Å². The second kappa shape index (κ2) is 15.1. The van der Waals surface area contributed by atoms with Gasteiger partial charge in [0.1, 0.15) is 6.04 Å².